The minimum Gasteiger partial charge on any atom is -0.310 e. The maximum atomic E-state index is 12.7. The second-order valence-electron chi connectivity index (χ2n) is 7.89. The predicted molar refractivity (Wildman–Crippen MR) is 105 cm³/mol. The summed E-state index contributed by atoms with van der Waals surface area (Å²) in [6.45, 7) is 2.33. The molecule has 5 rings (SSSR count). The molecule has 0 saturated heterocycles. The predicted octanol–water partition coefficient (Wildman–Crippen LogP) is 3.25. The van der Waals surface area contributed by atoms with E-state index in [-0.39, 0.29) is 5.56 Å². The van der Waals surface area contributed by atoms with E-state index >= 15 is 0 Å². The zero-order chi connectivity index (χ0) is 18.2. The number of aromatic amines is 2. The van der Waals surface area contributed by atoms with Crippen molar-refractivity contribution < 1.29 is 0 Å². The fourth-order valence-electron chi connectivity index (χ4n) is 4.56. The third-order valence-electron chi connectivity index (χ3n) is 6.08. The topological polar surface area (TPSA) is 77.7 Å². The highest BCUT2D eigenvalue weighted by molar-refractivity contribution is 5.81. The van der Waals surface area contributed by atoms with Crippen LogP contribution in [0.5, 0.6) is 0 Å². The van der Waals surface area contributed by atoms with Crippen LogP contribution in [0.25, 0.3) is 10.9 Å². The van der Waals surface area contributed by atoms with Gasteiger partial charge in [-0.2, -0.15) is 5.10 Å². The van der Waals surface area contributed by atoms with Crippen molar-refractivity contribution in [2.75, 3.05) is 6.54 Å². The number of nitrogens with zero attached hydrogens (tertiary/aromatic N) is 3. The molecule has 0 spiro atoms. The van der Waals surface area contributed by atoms with Gasteiger partial charge in [0.25, 0.3) is 5.56 Å². The molecule has 1 aromatic carbocycles. The summed E-state index contributed by atoms with van der Waals surface area (Å²) in [5.41, 5.74) is 3.99. The molecule has 0 unspecified atom stereocenters. The number of fused-ring (bicyclic) bond motifs is 2. The molecule has 0 atom stereocenters. The van der Waals surface area contributed by atoms with Gasteiger partial charge >= 0.3 is 0 Å². The van der Waals surface area contributed by atoms with Gasteiger partial charge in [0.2, 0.25) is 0 Å². The number of rotatable bonds is 3. The summed E-state index contributed by atoms with van der Waals surface area (Å²) < 4.78 is 0. The normalized spacial score (nSPS) is 18.7. The number of hydrogen-bond donors (Lipinski definition) is 2. The largest absolute Gasteiger partial charge is 0.310 e. The second-order valence-corrected chi connectivity index (χ2v) is 7.89. The third kappa shape index (κ3) is 3.18. The van der Waals surface area contributed by atoms with Crippen molar-refractivity contribution in [1.82, 2.24) is 25.1 Å². The van der Waals surface area contributed by atoms with E-state index in [0.717, 1.165) is 66.0 Å². The molecule has 6 nitrogen and oxygen atoms in total. The number of hydrogen-bond acceptors (Lipinski definition) is 4. The van der Waals surface area contributed by atoms with Gasteiger partial charge in [-0.05, 0) is 18.9 Å². The van der Waals surface area contributed by atoms with Crippen LogP contribution >= 0.6 is 0 Å². The van der Waals surface area contributed by atoms with Crippen LogP contribution in [-0.4, -0.2) is 31.6 Å². The van der Waals surface area contributed by atoms with Crippen LogP contribution in [0.2, 0.25) is 0 Å². The van der Waals surface area contributed by atoms with E-state index in [4.69, 9.17) is 4.98 Å². The van der Waals surface area contributed by atoms with Crippen LogP contribution in [0.3, 0.4) is 0 Å². The van der Waals surface area contributed by atoms with E-state index in [1.165, 1.54) is 19.3 Å². The molecule has 3 aromatic rings. The summed E-state index contributed by atoms with van der Waals surface area (Å²) in [4.78, 5) is 23.0. The molecule has 0 amide bonds. The molecule has 0 bridgehead atoms. The number of aromatic nitrogens is 4. The molecule has 1 aliphatic heterocycles. The van der Waals surface area contributed by atoms with Crippen LogP contribution in [0.4, 0.5) is 0 Å². The third-order valence-corrected chi connectivity index (χ3v) is 6.08. The minimum absolute atomic E-state index is 0.0553. The average Bonchev–Trinajstić information content (AvgIpc) is 3.12. The minimum atomic E-state index is 0.0553. The first-order valence-corrected chi connectivity index (χ1v) is 10.0. The van der Waals surface area contributed by atoms with Gasteiger partial charge in [-0.1, -0.05) is 37.5 Å². The van der Waals surface area contributed by atoms with Gasteiger partial charge < -0.3 is 4.98 Å². The molecule has 2 aliphatic rings. The van der Waals surface area contributed by atoms with Gasteiger partial charge in [0.15, 0.2) is 0 Å². The molecular formula is C21H25N5O. The van der Waals surface area contributed by atoms with Gasteiger partial charge in [-0.3, -0.25) is 14.8 Å². The Bertz CT molecular complexity index is 1010. The van der Waals surface area contributed by atoms with Crippen molar-refractivity contribution >= 4 is 10.9 Å². The van der Waals surface area contributed by atoms with Crippen molar-refractivity contribution in [2.45, 2.75) is 57.5 Å². The first-order chi connectivity index (χ1) is 13.3. The van der Waals surface area contributed by atoms with E-state index in [9.17, 15) is 4.79 Å². The van der Waals surface area contributed by atoms with Crippen molar-refractivity contribution in [1.29, 1.82) is 0 Å². The van der Waals surface area contributed by atoms with Crippen LogP contribution < -0.4 is 5.56 Å². The quantitative estimate of drug-likeness (QED) is 0.749. The molecule has 6 heteroatoms. The van der Waals surface area contributed by atoms with Crippen molar-refractivity contribution in [3.8, 4) is 0 Å². The number of nitrogens with one attached hydrogen (secondary N) is 2. The lowest BCUT2D eigenvalue weighted by atomic mass is 9.88. The molecule has 1 saturated carbocycles. The SMILES string of the molecule is O=c1[nH]c(C2CCCCC2)nc2c1CN(Cc1[nH]nc3ccccc13)CC2. The maximum Gasteiger partial charge on any atom is 0.255 e. The van der Waals surface area contributed by atoms with E-state index in [1.54, 1.807) is 0 Å². The summed E-state index contributed by atoms with van der Waals surface area (Å²) in [6, 6.07) is 8.15. The highest BCUT2D eigenvalue weighted by Crippen LogP contribution is 2.31. The van der Waals surface area contributed by atoms with Crippen LogP contribution in [0.15, 0.2) is 29.1 Å². The Kier molecular flexibility index (Phi) is 4.28. The smallest absolute Gasteiger partial charge is 0.255 e. The number of benzene rings is 1. The second kappa shape index (κ2) is 6.93. The first-order valence-electron chi connectivity index (χ1n) is 10.0. The zero-order valence-corrected chi connectivity index (χ0v) is 15.5. The molecule has 140 valence electrons. The summed E-state index contributed by atoms with van der Waals surface area (Å²) in [6.07, 6.45) is 6.95. The Hall–Kier alpha value is -2.47. The van der Waals surface area contributed by atoms with Crippen molar-refractivity contribution in [3.63, 3.8) is 0 Å². The lowest BCUT2D eigenvalue weighted by Crippen LogP contribution is -2.36. The maximum absolute atomic E-state index is 12.7. The Balaban J connectivity index is 1.37. The summed E-state index contributed by atoms with van der Waals surface area (Å²) in [5.74, 6) is 1.36. The summed E-state index contributed by atoms with van der Waals surface area (Å²) in [7, 11) is 0. The lowest BCUT2D eigenvalue weighted by molar-refractivity contribution is 0.239. The number of para-hydroxylation sites is 1. The van der Waals surface area contributed by atoms with Gasteiger partial charge in [0.05, 0.1) is 22.5 Å². The molecule has 3 heterocycles. The van der Waals surface area contributed by atoms with E-state index in [1.807, 2.05) is 18.2 Å². The Morgan fingerprint density at radius 2 is 2.00 bits per heavy atom. The first kappa shape index (κ1) is 16.7. The summed E-state index contributed by atoms with van der Waals surface area (Å²) in [5, 5.41) is 8.69. The Morgan fingerprint density at radius 3 is 2.89 bits per heavy atom. The van der Waals surface area contributed by atoms with E-state index in [0.29, 0.717) is 12.5 Å². The Labute approximate surface area is 158 Å². The zero-order valence-electron chi connectivity index (χ0n) is 15.5. The summed E-state index contributed by atoms with van der Waals surface area (Å²) >= 11 is 0. The van der Waals surface area contributed by atoms with Crippen molar-refractivity contribution in [3.05, 3.63) is 57.4 Å². The lowest BCUT2D eigenvalue weighted by Gasteiger charge is -2.28. The van der Waals surface area contributed by atoms with Gasteiger partial charge in [0.1, 0.15) is 5.82 Å². The fourth-order valence-corrected chi connectivity index (χ4v) is 4.56. The van der Waals surface area contributed by atoms with Crippen LogP contribution in [0.1, 0.15) is 60.8 Å². The van der Waals surface area contributed by atoms with Crippen LogP contribution in [0, 0.1) is 0 Å². The molecule has 1 fully saturated rings. The monoisotopic (exact) mass is 363 g/mol. The fraction of sp³-hybridized carbons (Fsp3) is 0.476. The van der Waals surface area contributed by atoms with Crippen LogP contribution in [-0.2, 0) is 19.5 Å². The highest BCUT2D eigenvalue weighted by Gasteiger charge is 2.25. The molecule has 27 heavy (non-hydrogen) atoms. The Morgan fingerprint density at radius 1 is 1.15 bits per heavy atom. The van der Waals surface area contributed by atoms with Gasteiger partial charge in [-0.15, -0.1) is 0 Å². The molecule has 2 aromatic heterocycles. The van der Waals surface area contributed by atoms with Gasteiger partial charge in [0, 0.05) is 37.4 Å². The molecular weight excluding hydrogens is 338 g/mol. The molecule has 2 N–H and O–H groups in total. The van der Waals surface area contributed by atoms with Crippen molar-refractivity contribution in [2.24, 2.45) is 0 Å². The molecule has 1 aliphatic carbocycles. The average molecular weight is 363 g/mol. The standard InChI is InChI=1S/C21H25N5O/c27-21-16-12-26(13-19-15-8-4-5-9-18(15)24-25-19)11-10-17(16)22-20(23-21)14-6-2-1-3-7-14/h4-5,8-9,14H,1-3,6-7,10-13H2,(H,24,25)(H,22,23,27). The highest BCUT2D eigenvalue weighted by atomic mass is 16.1. The number of H-pyrrole nitrogens is 2. The molecule has 0 radical (unpaired) electrons. The van der Waals surface area contributed by atoms with Gasteiger partial charge in [-0.25, -0.2) is 4.98 Å². The van der Waals surface area contributed by atoms with E-state index < -0.39 is 0 Å². The van der Waals surface area contributed by atoms with E-state index in [2.05, 4.69) is 26.1 Å².